The van der Waals surface area contributed by atoms with Crippen LogP contribution < -0.4 is 5.32 Å². The van der Waals surface area contributed by atoms with Crippen LogP contribution in [0.25, 0.3) is 0 Å². The molecule has 2 amide bonds. The molecular weight excluding hydrogens is 407 g/mol. The van der Waals surface area contributed by atoms with Crippen molar-refractivity contribution in [3.8, 4) is 0 Å². The van der Waals surface area contributed by atoms with E-state index in [1.165, 1.54) is 0 Å². The Hall–Kier alpha value is -1.75. The average molecular weight is 428 g/mol. The summed E-state index contributed by atoms with van der Waals surface area (Å²) in [6, 6.07) is 11.7. The summed E-state index contributed by atoms with van der Waals surface area (Å²) in [6.45, 7) is 2.09. The van der Waals surface area contributed by atoms with E-state index in [1.54, 1.807) is 36.2 Å². The molecule has 0 aliphatic rings. The van der Waals surface area contributed by atoms with E-state index in [0.717, 1.165) is 5.56 Å². The lowest BCUT2D eigenvalue weighted by Gasteiger charge is -2.30. The summed E-state index contributed by atoms with van der Waals surface area (Å²) in [4.78, 5) is 27.0. The number of hydrogen-bond acceptors (Lipinski definition) is 2. The van der Waals surface area contributed by atoms with Crippen LogP contribution in [0.15, 0.2) is 42.5 Å². The second-order valence-electron chi connectivity index (χ2n) is 6.06. The molecule has 0 aliphatic heterocycles. The molecule has 0 fully saturated rings. The van der Waals surface area contributed by atoms with Crippen LogP contribution in [0.2, 0.25) is 15.1 Å². The number of carbonyl (C=O) groups excluding carboxylic acids is 2. The molecule has 2 aromatic carbocycles. The molecule has 1 atom stereocenters. The minimum atomic E-state index is -0.607. The average Bonchev–Trinajstić information content (AvgIpc) is 2.65. The van der Waals surface area contributed by atoms with Crippen molar-refractivity contribution in [3.63, 3.8) is 0 Å². The summed E-state index contributed by atoms with van der Waals surface area (Å²) in [5, 5.41) is 4.09. The molecule has 0 radical (unpaired) electrons. The zero-order valence-electron chi connectivity index (χ0n) is 15.1. The molecule has 0 aromatic heterocycles. The van der Waals surface area contributed by atoms with Gasteiger partial charge >= 0.3 is 0 Å². The number of carbonyl (C=O) groups is 2. The Morgan fingerprint density at radius 3 is 2.33 bits per heavy atom. The third-order valence-corrected chi connectivity index (χ3v) is 5.24. The van der Waals surface area contributed by atoms with Crippen LogP contribution in [-0.4, -0.2) is 29.8 Å². The van der Waals surface area contributed by atoms with Gasteiger partial charge in [0.1, 0.15) is 6.04 Å². The standard InChI is InChI=1S/C20H21Cl3N2O2/c1-3-18(20(27)24-2)25(12-14-6-4-5-7-16(14)22)19(26)10-13-8-9-15(21)11-17(13)23/h4-9,11,18H,3,10,12H2,1-2H3,(H,24,27). The summed E-state index contributed by atoms with van der Waals surface area (Å²) in [5.74, 6) is -0.435. The van der Waals surface area contributed by atoms with Gasteiger partial charge in [0.05, 0.1) is 6.42 Å². The van der Waals surface area contributed by atoms with Crippen LogP contribution in [0.1, 0.15) is 24.5 Å². The van der Waals surface area contributed by atoms with E-state index in [2.05, 4.69) is 5.32 Å². The van der Waals surface area contributed by atoms with Crippen molar-refractivity contribution in [1.29, 1.82) is 0 Å². The first kappa shape index (κ1) is 21.5. The summed E-state index contributed by atoms with van der Waals surface area (Å²) < 4.78 is 0. The molecule has 27 heavy (non-hydrogen) atoms. The van der Waals surface area contributed by atoms with Crippen molar-refractivity contribution >= 4 is 46.6 Å². The normalized spacial score (nSPS) is 11.7. The van der Waals surface area contributed by atoms with E-state index in [9.17, 15) is 9.59 Å². The van der Waals surface area contributed by atoms with Crippen molar-refractivity contribution in [1.82, 2.24) is 10.2 Å². The highest BCUT2D eigenvalue weighted by Crippen LogP contribution is 2.24. The maximum Gasteiger partial charge on any atom is 0.242 e. The number of hydrogen-bond donors (Lipinski definition) is 1. The number of amides is 2. The number of nitrogens with one attached hydrogen (secondary N) is 1. The fourth-order valence-electron chi connectivity index (χ4n) is 2.83. The lowest BCUT2D eigenvalue weighted by molar-refractivity contribution is -0.140. The Morgan fingerprint density at radius 1 is 1.04 bits per heavy atom. The van der Waals surface area contributed by atoms with Gasteiger partial charge in [0, 0.05) is 28.7 Å². The summed E-state index contributed by atoms with van der Waals surface area (Å²) in [5.41, 5.74) is 1.43. The Labute approximate surface area is 174 Å². The highest BCUT2D eigenvalue weighted by Gasteiger charge is 2.28. The van der Waals surface area contributed by atoms with Gasteiger partial charge in [-0.2, -0.15) is 0 Å². The Balaban J connectivity index is 2.33. The fraction of sp³-hybridized carbons (Fsp3) is 0.300. The third kappa shape index (κ3) is 5.61. The molecule has 144 valence electrons. The molecule has 4 nitrogen and oxygen atoms in total. The van der Waals surface area contributed by atoms with Gasteiger partial charge in [-0.3, -0.25) is 9.59 Å². The lowest BCUT2D eigenvalue weighted by atomic mass is 10.1. The zero-order valence-corrected chi connectivity index (χ0v) is 17.4. The predicted octanol–water partition coefficient (Wildman–Crippen LogP) is 4.74. The maximum absolute atomic E-state index is 13.1. The van der Waals surface area contributed by atoms with Crippen LogP contribution in [0, 0.1) is 0 Å². The van der Waals surface area contributed by atoms with E-state index in [-0.39, 0.29) is 24.8 Å². The van der Waals surface area contributed by atoms with Crippen molar-refractivity contribution in [3.05, 3.63) is 68.7 Å². The second-order valence-corrected chi connectivity index (χ2v) is 7.31. The largest absolute Gasteiger partial charge is 0.357 e. The van der Waals surface area contributed by atoms with E-state index in [1.807, 2.05) is 25.1 Å². The molecule has 0 saturated heterocycles. The summed E-state index contributed by atoms with van der Waals surface area (Å²) >= 11 is 18.4. The highest BCUT2D eigenvalue weighted by molar-refractivity contribution is 6.35. The molecule has 2 rings (SSSR count). The second kappa shape index (κ2) is 9.98. The summed E-state index contributed by atoms with van der Waals surface area (Å²) in [6.07, 6.45) is 0.540. The Morgan fingerprint density at radius 2 is 1.74 bits per heavy atom. The van der Waals surface area contributed by atoms with E-state index >= 15 is 0 Å². The maximum atomic E-state index is 13.1. The highest BCUT2D eigenvalue weighted by atomic mass is 35.5. The molecule has 2 aromatic rings. The quantitative estimate of drug-likeness (QED) is 0.693. The number of halogens is 3. The predicted molar refractivity (Wildman–Crippen MR) is 110 cm³/mol. The molecule has 1 N–H and O–H groups in total. The smallest absolute Gasteiger partial charge is 0.242 e. The van der Waals surface area contributed by atoms with Gasteiger partial charge in [-0.15, -0.1) is 0 Å². The van der Waals surface area contributed by atoms with Crippen LogP contribution in [0.5, 0.6) is 0 Å². The van der Waals surface area contributed by atoms with Gasteiger partial charge in [-0.05, 0) is 35.7 Å². The van der Waals surface area contributed by atoms with Crippen LogP contribution in [-0.2, 0) is 22.6 Å². The zero-order chi connectivity index (χ0) is 20.0. The Bertz CT molecular complexity index is 827. The minimum absolute atomic E-state index is 0.0634. The lowest BCUT2D eigenvalue weighted by Crippen LogP contribution is -2.48. The van der Waals surface area contributed by atoms with Gasteiger partial charge in [-0.1, -0.05) is 66.0 Å². The van der Waals surface area contributed by atoms with Crippen LogP contribution in [0.4, 0.5) is 0 Å². The first-order chi connectivity index (χ1) is 12.9. The first-order valence-electron chi connectivity index (χ1n) is 8.55. The molecule has 1 unspecified atom stereocenters. The fourth-order valence-corrected chi connectivity index (χ4v) is 3.50. The van der Waals surface area contributed by atoms with Gasteiger partial charge in [0.25, 0.3) is 0 Å². The van der Waals surface area contributed by atoms with Crippen molar-refractivity contribution in [2.24, 2.45) is 0 Å². The third-order valence-electron chi connectivity index (χ3n) is 4.29. The number of nitrogens with zero attached hydrogens (tertiary/aromatic N) is 1. The van der Waals surface area contributed by atoms with Gasteiger partial charge in [0.2, 0.25) is 11.8 Å². The van der Waals surface area contributed by atoms with Crippen LogP contribution in [0.3, 0.4) is 0 Å². The molecule has 0 spiro atoms. The van der Waals surface area contributed by atoms with Crippen molar-refractivity contribution < 1.29 is 9.59 Å². The Kier molecular flexibility index (Phi) is 7.96. The van der Waals surface area contributed by atoms with E-state index in [4.69, 9.17) is 34.8 Å². The molecule has 0 heterocycles. The topological polar surface area (TPSA) is 49.4 Å². The number of likely N-dealkylation sites (N-methyl/N-ethyl adjacent to an activating group) is 1. The molecular formula is C20H21Cl3N2O2. The first-order valence-corrected chi connectivity index (χ1v) is 9.69. The summed E-state index contributed by atoms with van der Waals surface area (Å²) in [7, 11) is 1.55. The molecule has 0 aliphatic carbocycles. The number of benzene rings is 2. The van der Waals surface area contributed by atoms with Crippen LogP contribution >= 0.6 is 34.8 Å². The SMILES string of the molecule is CCC(C(=O)NC)N(Cc1ccccc1Cl)C(=O)Cc1ccc(Cl)cc1Cl. The minimum Gasteiger partial charge on any atom is -0.357 e. The van der Waals surface area contributed by atoms with E-state index < -0.39 is 6.04 Å². The number of rotatable bonds is 7. The van der Waals surface area contributed by atoms with Gasteiger partial charge < -0.3 is 10.2 Å². The molecule has 7 heteroatoms. The van der Waals surface area contributed by atoms with Gasteiger partial charge in [-0.25, -0.2) is 0 Å². The van der Waals surface area contributed by atoms with Crippen molar-refractivity contribution in [2.45, 2.75) is 32.4 Å². The van der Waals surface area contributed by atoms with E-state index in [0.29, 0.717) is 27.1 Å². The monoisotopic (exact) mass is 426 g/mol. The van der Waals surface area contributed by atoms with Crippen molar-refractivity contribution in [2.75, 3.05) is 7.05 Å². The molecule has 0 bridgehead atoms. The molecule has 0 saturated carbocycles. The van der Waals surface area contributed by atoms with Gasteiger partial charge in [0.15, 0.2) is 0 Å².